The molecule has 2 aromatic carbocycles. The van der Waals surface area contributed by atoms with Crippen LogP contribution in [0.25, 0.3) is 0 Å². The van der Waals surface area contributed by atoms with Gasteiger partial charge in [-0.3, -0.25) is 4.79 Å². The minimum Gasteiger partial charge on any atom is -0.378 e. The summed E-state index contributed by atoms with van der Waals surface area (Å²) < 4.78 is 28.9. The predicted octanol–water partition coefficient (Wildman–Crippen LogP) is 2.92. The van der Waals surface area contributed by atoms with E-state index >= 15 is 0 Å². The number of hydrogen-bond acceptors (Lipinski definition) is 4. The maximum Gasteiger partial charge on any atom is 0.339 e. The van der Waals surface area contributed by atoms with Crippen LogP contribution in [0.5, 0.6) is 5.75 Å². The van der Waals surface area contributed by atoms with E-state index in [0.29, 0.717) is 11.3 Å². The molecule has 0 spiro atoms. The Labute approximate surface area is 115 Å². The monoisotopic (exact) mass is 296 g/mol. The largest absolute Gasteiger partial charge is 0.378 e. The van der Waals surface area contributed by atoms with E-state index in [-0.39, 0.29) is 16.2 Å². The van der Waals surface area contributed by atoms with Crippen LogP contribution in [0.1, 0.15) is 10.4 Å². The number of carbonyl (C=O) groups is 1. The van der Waals surface area contributed by atoms with Crippen LogP contribution in [-0.4, -0.2) is 14.7 Å². The zero-order chi connectivity index (χ0) is 13.9. The van der Waals surface area contributed by atoms with E-state index in [1.807, 2.05) is 0 Å². The molecule has 0 aliphatic carbocycles. The molecule has 0 N–H and O–H groups in total. The number of aldehydes is 1. The normalized spacial score (nSPS) is 11.0. The molecule has 0 fully saturated rings. The highest BCUT2D eigenvalue weighted by atomic mass is 35.5. The number of benzene rings is 2. The van der Waals surface area contributed by atoms with Crippen LogP contribution in [0.2, 0.25) is 5.02 Å². The van der Waals surface area contributed by atoms with Crippen molar-refractivity contribution >= 4 is 28.0 Å². The van der Waals surface area contributed by atoms with Crippen LogP contribution in [0, 0.1) is 0 Å². The maximum absolute atomic E-state index is 12.0. The van der Waals surface area contributed by atoms with Crippen LogP contribution in [-0.2, 0) is 10.1 Å². The molecule has 0 aromatic heterocycles. The Kier molecular flexibility index (Phi) is 3.87. The van der Waals surface area contributed by atoms with Crippen LogP contribution in [0.3, 0.4) is 0 Å². The topological polar surface area (TPSA) is 60.4 Å². The van der Waals surface area contributed by atoms with Crippen molar-refractivity contribution in [3.05, 3.63) is 59.1 Å². The average Bonchev–Trinajstić information content (AvgIpc) is 2.41. The first-order valence-electron chi connectivity index (χ1n) is 5.27. The van der Waals surface area contributed by atoms with Gasteiger partial charge >= 0.3 is 10.1 Å². The first kappa shape index (κ1) is 13.6. The van der Waals surface area contributed by atoms with Crippen molar-refractivity contribution in [1.82, 2.24) is 0 Å². The van der Waals surface area contributed by atoms with Gasteiger partial charge in [-0.25, -0.2) is 0 Å². The molecule has 0 saturated carbocycles. The van der Waals surface area contributed by atoms with Gasteiger partial charge in [0.05, 0.1) is 5.56 Å². The van der Waals surface area contributed by atoms with Crippen LogP contribution >= 0.6 is 11.6 Å². The van der Waals surface area contributed by atoms with E-state index in [1.54, 1.807) is 18.2 Å². The van der Waals surface area contributed by atoms with Crippen molar-refractivity contribution in [2.75, 3.05) is 0 Å². The van der Waals surface area contributed by atoms with Gasteiger partial charge < -0.3 is 4.18 Å². The van der Waals surface area contributed by atoms with Gasteiger partial charge in [0, 0.05) is 5.02 Å². The molecule has 19 heavy (non-hydrogen) atoms. The summed E-state index contributed by atoms with van der Waals surface area (Å²) in [5.41, 5.74) is 0.0759. The van der Waals surface area contributed by atoms with Crippen LogP contribution < -0.4 is 4.18 Å². The summed E-state index contributed by atoms with van der Waals surface area (Å²) >= 11 is 5.72. The predicted molar refractivity (Wildman–Crippen MR) is 71.1 cm³/mol. The summed E-state index contributed by atoms with van der Waals surface area (Å²) in [5.74, 6) is -0.0525. The zero-order valence-corrected chi connectivity index (χ0v) is 11.2. The Morgan fingerprint density at radius 2 is 1.74 bits per heavy atom. The van der Waals surface area contributed by atoms with E-state index in [9.17, 15) is 13.2 Å². The second kappa shape index (κ2) is 5.42. The van der Waals surface area contributed by atoms with E-state index in [2.05, 4.69) is 0 Å². The maximum atomic E-state index is 12.0. The summed E-state index contributed by atoms with van der Waals surface area (Å²) in [6.07, 6.45) is 0.488. The van der Waals surface area contributed by atoms with Gasteiger partial charge in [-0.2, -0.15) is 8.42 Å². The second-order valence-electron chi connectivity index (χ2n) is 3.65. The SMILES string of the molecule is O=Cc1cc(Cl)ccc1OS(=O)(=O)c1ccccc1. The fraction of sp³-hybridized carbons (Fsp3) is 0. The first-order valence-corrected chi connectivity index (χ1v) is 7.06. The molecular weight excluding hydrogens is 288 g/mol. The number of hydrogen-bond donors (Lipinski definition) is 0. The van der Waals surface area contributed by atoms with Gasteiger partial charge in [0.25, 0.3) is 0 Å². The Morgan fingerprint density at radius 1 is 1.05 bits per heavy atom. The summed E-state index contributed by atoms with van der Waals surface area (Å²) in [4.78, 5) is 10.9. The molecule has 98 valence electrons. The number of halogens is 1. The summed E-state index contributed by atoms with van der Waals surface area (Å²) in [6.45, 7) is 0. The van der Waals surface area contributed by atoms with Gasteiger partial charge in [0.15, 0.2) is 12.0 Å². The lowest BCUT2D eigenvalue weighted by Gasteiger charge is -2.08. The summed E-state index contributed by atoms with van der Waals surface area (Å²) in [6, 6.07) is 11.8. The molecule has 0 saturated heterocycles. The highest BCUT2D eigenvalue weighted by molar-refractivity contribution is 7.87. The molecular formula is C13H9ClO4S. The molecule has 0 amide bonds. The van der Waals surface area contributed by atoms with Crippen molar-refractivity contribution in [3.63, 3.8) is 0 Å². The highest BCUT2D eigenvalue weighted by Crippen LogP contribution is 2.24. The van der Waals surface area contributed by atoms with Gasteiger partial charge in [-0.05, 0) is 30.3 Å². The van der Waals surface area contributed by atoms with Crippen molar-refractivity contribution in [2.45, 2.75) is 4.90 Å². The lowest BCUT2D eigenvalue weighted by molar-refractivity contribution is 0.112. The Balaban J connectivity index is 2.39. The lowest BCUT2D eigenvalue weighted by atomic mass is 10.2. The zero-order valence-electron chi connectivity index (χ0n) is 9.62. The minimum absolute atomic E-state index is 0.0156. The first-order chi connectivity index (χ1) is 9.03. The fourth-order valence-corrected chi connectivity index (χ4v) is 2.60. The molecule has 0 bridgehead atoms. The van der Waals surface area contributed by atoms with Gasteiger partial charge in [0.2, 0.25) is 0 Å². The van der Waals surface area contributed by atoms with Crippen LogP contribution in [0.15, 0.2) is 53.4 Å². The van der Waals surface area contributed by atoms with Gasteiger partial charge in [-0.1, -0.05) is 29.8 Å². The Morgan fingerprint density at radius 3 is 2.37 bits per heavy atom. The molecule has 0 radical (unpaired) electrons. The molecule has 0 aliphatic rings. The quantitative estimate of drug-likeness (QED) is 0.643. The summed E-state index contributed by atoms with van der Waals surface area (Å²) in [7, 11) is -3.96. The average molecular weight is 297 g/mol. The number of rotatable bonds is 4. The molecule has 6 heteroatoms. The number of carbonyl (C=O) groups excluding carboxylic acids is 1. The molecule has 0 aliphatic heterocycles. The van der Waals surface area contributed by atoms with Crippen molar-refractivity contribution in [1.29, 1.82) is 0 Å². The van der Waals surface area contributed by atoms with Crippen LogP contribution in [0.4, 0.5) is 0 Å². The molecule has 0 atom stereocenters. The summed E-state index contributed by atoms with van der Waals surface area (Å²) in [5, 5.41) is 0.326. The van der Waals surface area contributed by atoms with Crippen molar-refractivity contribution < 1.29 is 17.4 Å². The third-order valence-corrected chi connectivity index (χ3v) is 3.81. The second-order valence-corrected chi connectivity index (χ2v) is 5.63. The fourth-order valence-electron chi connectivity index (χ4n) is 1.44. The third-order valence-electron chi connectivity index (χ3n) is 2.33. The van der Waals surface area contributed by atoms with Gasteiger partial charge in [-0.15, -0.1) is 0 Å². The smallest absolute Gasteiger partial charge is 0.339 e. The Bertz CT molecular complexity index is 696. The highest BCUT2D eigenvalue weighted by Gasteiger charge is 2.18. The van der Waals surface area contributed by atoms with Crippen molar-refractivity contribution in [2.24, 2.45) is 0 Å². The Hall–Kier alpha value is -1.85. The molecule has 4 nitrogen and oxygen atoms in total. The molecule has 0 unspecified atom stereocenters. The minimum atomic E-state index is -3.96. The standard InChI is InChI=1S/C13H9ClO4S/c14-11-6-7-13(10(8-11)9-15)18-19(16,17)12-4-2-1-3-5-12/h1-9H. The molecule has 2 aromatic rings. The molecule has 2 rings (SSSR count). The van der Waals surface area contributed by atoms with E-state index < -0.39 is 10.1 Å². The van der Waals surface area contributed by atoms with E-state index in [1.165, 1.54) is 30.3 Å². The van der Waals surface area contributed by atoms with Crippen molar-refractivity contribution in [3.8, 4) is 5.75 Å². The van der Waals surface area contributed by atoms with E-state index in [0.717, 1.165) is 0 Å². The lowest BCUT2D eigenvalue weighted by Crippen LogP contribution is -2.10. The van der Waals surface area contributed by atoms with E-state index in [4.69, 9.17) is 15.8 Å². The molecule has 0 heterocycles. The van der Waals surface area contributed by atoms with Gasteiger partial charge in [0.1, 0.15) is 4.90 Å². The third kappa shape index (κ3) is 3.13.